The molecule has 176 valence electrons. The van der Waals surface area contributed by atoms with Crippen LogP contribution in [0.4, 0.5) is 0 Å². The van der Waals surface area contributed by atoms with Gasteiger partial charge in [-0.15, -0.1) is 6.58 Å². The minimum atomic E-state index is 0.0254. The van der Waals surface area contributed by atoms with Gasteiger partial charge < -0.3 is 9.64 Å². The summed E-state index contributed by atoms with van der Waals surface area (Å²) in [5, 5.41) is 0. The van der Waals surface area contributed by atoms with Crippen LogP contribution in [-0.2, 0) is 6.54 Å². The van der Waals surface area contributed by atoms with E-state index in [2.05, 4.69) is 40.6 Å². The molecule has 2 atom stereocenters. The summed E-state index contributed by atoms with van der Waals surface area (Å²) in [6.45, 7) is 8.07. The topological polar surface area (TPSA) is 36.0 Å². The third-order valence-electron chi connectivity index (χ3n) is 7.14. The van der Waals surface area contributed by atoms with Crippen molar-refractivity contribution >= 4 is 5.91 Å². The van der Waals surface area contributed by atoms with Gasteiger partial charge in [0.05, 0.1) is 7.11 Å². The van der Waals surface area contributed by atoms with Gasteiger partial charge in [0, 0.05) is 57.9 Å². The Kier molecular flexibility index (Phi) is 7.51. The zero-order chi connectivity index (χ0) is 23.4. The van der Waals surface area contributed by atoms with Gasteiger partial charge in [0.25, 0.3) is 5.91 Å². The predicted molar refractivity (Wildman–Crippen MR) is 135 cm³/mol. The summed E-state index contributed by atoms with van der Waals surface area (Å²) in [5.41, 5.74) is 4.19. The zero-order valence-corrected chi connectivity index (χ0v) is 20.3. The quantitative estimate of drug-likeness (QED) is 0.578. The highest BCUT2D eigenvalue weighted by Crippen LogP contribution is 2.34. The minimum Gasteiger partial charge on any atom is -0.497 e. The predicted octanol–water partition coefficient (Wildman–Crippen LogP) is 4.68. The molecule has 0 aliphatic carbocycles. The van der Waals surface area contributed by atoms with E-state index in [1.807, 2.05) is 24.3 Å². The fraction of sp³-hybridized carbons (Fsp3) is 0.464. The number of ether oxygens (including phenoxy) is 1. The molecule has 2 heterocycles. The van der Waals surface area contributed by atoms with Gasteiger partial charge in [-0.05, 0) is 60.2 Å². The molecule has 0 saturated carbocycles. The molecule has 0 radical (unpaired) electrons. The molecule has 2 aliphatic rings. The zero-order valence-electron chi connectivity index (χ0n) is 20.3. The number of hydrogen-bond acceptors (Lipinski definition) is 4. The number of fused-ring (bicyclic) bond motifs is 2. The molecule has 2 aromatic rings. The Hall–Kier alpha value is -2.63. The third-order valence-corrected chi connectivity index (χ3v) is 7.14. The first-order valence-electron chi connectivity index (χ1n) is 12.1. The average Bonchev–Trinajstić information content (AvgIpc) is 2.91. The Labute approximate surface area is 198 Å². The summed E-state index contributed by atoms with van der Waals surface area (Å²) in [6, 6.07) is 15.5. The molecule has 33 heavy (non-hydrogen) atoms. The number of nitrogens with zero attached hydrogens (tertiary/aromatic N) is 3. The van der Waals surface area contributed by atoms with Crippen LogP contribution >= 0.6 is 0 Å². The molecule has 5 nitrogen and oxygen atoms in total. The first kappa shape index (κ1) is 23.5. The van der Waals surface area contributed by atoms with E-state index in [-0.39, 0.29) is 5.91 Å². The lowest BCUT2D eigenvalue weighted by Crippen LogP contribution is -2.47. The van der Waals surface area contributed by atoms with Crippen molar-refractivity contribution in [1.29, 1.82) is 0 Å². The van der Waals surface area contributed by atoms with Crippen molar-refractivity contribution in [1.82, 2.24) is 14.7 Å². The molecule has 2 bridgehead atoms. The van der Waals surface area contributed by atoms with Crippen LogP contribution in [-0.4, -0.2) is 73.5 Å². The van der Waals surface area contributed by atoms with Crippen molar-refractivity contribution in [2.24, 2.45) is 0 Å². The maximum Gasteiger partial charge on any atom is 0.253 e. The molecule has 2 unspecified atom stereocenters. The van der Waals surface area contributed by atoms with Crippen molar-refractivity contribution in [2.45, 2.75) is 44.3 Å². The summed E-state index contributed by atoms with van der Waals surface area (Å²) >= 11 is 0. The molecule has 5 heteroatoms. The Balaban J connectivity index is 1.70. The second kappa shape index (κ2) is 10.5. The molecule has 0 N–H and O–H groups in total. The first-order chi connectivity index (χ1) is 16.0. The highest BCUT2D eigenvalue weighted by molar-refractivity contribution is 5.95. The number of piperidine rings is 1. The molecule has 4 rings (SSSR count). The molecular formula is C28H37N3O2. The van der Waals surface area contributed by atoms with Crippen LogP contribution in [0.2, 0.25) is 0 Å². The molecule has 1 amide bonds. The van der Waals surface area contributed by atoms with Gasteiger partial charge in [-0.3, -0.25) is 14.6 Å². The number of amides is 1. The van der Waals surface area contributed by atoms with Crippen molar-refractivity contribution in [3.63, 3.8) is 0 Å². The van der Waals surface area contributed by atoms with Gasteiger partial charge in [-0.2, -0.15) is 0 Å². The van der Waals surface area contributed by atoms with E-state index >= 15 is 0 Å². The van der Waals surface area contributed by atoms with Gasteiger partial charge in [-0.1, -0.05) is 30.7 Å². The molecule has 2 aliphatic heterocycles. The molecular weight excluding hydrogens is 410 g/mol. The average molecular weight is 448 g/mol. The Morgan fingerprint density at radius 3 is 2.73 bits per heavy atom. The molecule has 0 aromatic heterocycles. The van der Waals surface area contributed by atoms with Crippen LogP contribution in [0.5, 0.6) is 5.75 Å². The minimum absolute atomic E-state index is 0.0254. The van der Waals surface area contributed by atoms with E-state index in [0.29, 0.717) is 12.1 Å². The van der Waals surface area contributed by atoms with Crippen LogP contribution in [0.3, 0.4) is 0 Å². The summed E-state index contributed by atoms with van der Waals surface area (Å²) in [6.07, 6.45) is 7.06. The lowest BCUT2D eigenvalue weighted by atomic mass is 9.91. The van der Waals surface area contributed by atoms with E-state index in [9.17, 15) is 4.79 Å². The Morgan fingerprint density at radius 2 is 1.97 bits per heavy atom. The number of hydrogen-bond donors (Lipinski definition) is 0. The highest BCUT2D eigenvalue weighted by atomic mass is 16.5. The van der Waals surface area contributed by atoms with E-state index in [4.69, 9.17) is 4.74 Å². The number of benzene rings is 2. The van der Waals surface area contributed by atoms with Crippen LogP contribution in [0.25, 0.3) is 11.1 Å². The first-order valence-corrected chi connectivity index (χ1v) is 12.1. The van der Waals surface area contributed by atoms with Crippen molar-refractivity contribution in [2.75, 3.05) is 40.8 Å². The summed E-state index contributed by atoms with van der Waals surface area (Å²) in [7, 11) is 5.29. The maximum atomic E-state index is 12.7. The number of methoxy groups -OCH3 is 1. The van der Waals surface area contributed by atoms with Crippen molar-refractivity contribution < 1.29 is 9.53 Å². The van der Waals surface area contributed by atoms with Crippen molar-refractivity contribution in [3.8, 4) is 16.9 Å². The fourth-order valence-corrected chi connectivity index (χ4v) is 5.41. The van der Waals surface area contributed by atoms with E-state index in [0.717, 1.165) is 48.6 Å². The second-order valence-electron chi connectivity index (χ2n) is 9.55. The van der Waals surface area contributed by atoms with Gasteiger partial charge in [-0.25, -0.2) is 0 Å². The largest absolute Gasteiger partial charge is 0.497 e. The second-order valence-corrected chi connectivity index (χ2v) is 9.55. The third kappa shape index (κ3) is 5.31. The monoisotopic (exact) mass is 447 g/mol. The summed E-state index contributed by atoms with van der Waals surface area (Å²) in [4.78, 5) is 19.7. The molecule has 2 fully saturated rings. The number of carbonyl (C=O) groups is 1. The fourth-order valence-electron chi connectivity index (χ4n) is 5.41. The van der Waals surface area contributed by atoms with Crippen LogP contribution in [0, 0.1) is 0 Å². The van der Waals surface area contributed by atoms with Gasteiger partial charge in [0.2, 0.25) is 0 Å². The summed E-state index contributed by atoms with van der Waals surface area (Å²) < 4.78 is 5.49. The van der Waals surface area contributed by atoms with Crippen LogP contribution in [0.1, 0.15) is 41.6 Å². The van der Waals surface area contributed by atoms with Gasteiger partial charge in [0.15, 0.2) is 0 Å². The SMILES string of the molecule is C=CCN1CCC2CCCC(C1)N2Cc1ccc(C(=O)N(C)C)cc1-c1cccc(OC)c1. The van der Waals surface area contributed by atoms with E-state index in [1.54, 1.807) is 26.1 Å². The van der Waals surface area contributed by atoms with Gasteiger partial charge in [0.1, 0.15) is 5.75 Å². The Bertz CT molecular complexity index is 987. The molecule has 2 saturated heterocycles. The number of rotatable bonds is 7. The lowest BCUT2D eigenvalue weighted by Gasteiger charge is -2.41. The smallest absolute Gasteiger partial charge is 0.253 e. The van der Waals surface area contributed by atoms with E-state index in [1.165, 1.54) is 31.2 Å². The lowest BCUT2D eigenvalue weighted by molar-refractivity contribution is 0.0786. The summed E-state index contributed by atoms with van der Waals surface area (Å²) in [5.74, 6) is 0.854. The van der Waals surface area contributed by atoms with Crippen molar-refractivity contribution in [3.05, 3.63) is 66.2 Å². The normalized spacial score (nSPS) is 21.3. The Morgan fingerprint density at radius 1 is 1.15 bits per heavy atom. The molecule has 0 spiro atoms. The van der Waals surface area contributed by atoms with E-state index < -0.39 is 0 Å². The van der Waals surface area contributed by atoms with Crippen LogP contribution < -0.4 is 4.74 Å². The highest BCUT2D eigenvalue weighted by Gasteiger charge is 2.34. The van der Waals surface area contributed by atoms with Crippen LogP contribution in [0.15, 0.2) is 55.1 Å². The van der Waals surface area contributed by atoms with Gasteiger partial charge >= 0.3 is 0 Å². The standard InChI is InChI=1S/C28H37N3O2/c1-5-15-30-16-14-24-9-7-10-25(20-30)31(24)19-23-13-12-22(28(32)29(2)3)18-27(23)21-8-6-11-26(17-21)33-4/h5-6,8,11-13,17-18,24-25H,1,7,9-10,14-16,19-20H2,2-4H3. The maximum absolute atomic E-state index is 12.7. The number of carbonyl (C=O) groups excluding carboxylic acids is 1. The molecule has 2 aromatic carbocycles.